The number of carbonyl (C=O) groups excluding carboxylic acids is 3. The van der Waals surface area contributed by atoms with Crippen LogP contribution in [0.5, 0.6) is 0 Å². The van der Waals surface area contributed by atoms with Crippen molar-refractivity contribution in [2.75, 3.05) is 18.6 Å². The first-order chi connectivity index (χ1) is 14.0. The fraction of sp³-hybridized carbons (Fsp3) is 0.789. The van der Waals surface area contributed by atoms with E-state index in [0.29, 0.717) is 38.0 Å². The quantitative estimate of drug-likeness (QED) is 0.180. The van der Waals surface area contributed by atoms with Crippen LogP contribution in [0.2, 0.25) is 0 Å². The van der Waals surface area contributed by atoms with Gasteiger partial charge in [-0.2, -0.15) is 11.8 Å². The second-order valence-corrected chi connectivity index (χ2v) is 8.51. The van der Waals surface area contributed by atoms with E-state index in [-0.39, 0.29) is 5.92 Å². The number of aliphatic carboxylic acids is 1. The summed E-state index contributed by atoms with van der Waals surface area (Å²) in [5.74, 6) is -2.19. The number of nitrogens with one attached hydrogen (secondary N) is 3. The maximum absolute atomic E-state index is 12.8. The van der Waals surface area contributed by atoms with Crippen LogP contribution in [0.1, 0.15) is 46.5 Å². The van der Waals surface area contributed by atoms with E-state index in [4.69, 9.17) is 16.6 Å². The minimum absolute atomic E-state index is 0.0958. The van der Waals surface area contributed by atoms with Crippen LogP contribution in [-0.2, 0) is 19.2 Å². The van der Waals surface area contributed by atoms with Gasteiger partial charge in [-0.3, -0.25) is 19.2 Å². The van der Waals surface area contributed by atoms with Crippen LogP contribution in [0, 0.1) is 5.92 Å². The summed E-state index contributed by atoms with van der Waals surface area (Å²) in [6.45, 7) is 5.40. The highest BCUT2D eigenvalue weighted by molar-refractivity contribution is 7.98. The molecule has 0 aliphatic carbocycles. The Morgan fingerprint density at radius 1 is 0.900 bits per heavy atom. The number of hydrogen-bond donors (Lipinski definition) is 6. The number of carbonyl (C=O) groups is 4. The number of thioether (sulfide) groups is 1. The van der Waals surface area contributed by atoms with Gasteiger partial charge in [0.25, 0.3) is 0 Å². The summed E-state index contributed by atoms with van der Waals surface area (Å²) >= 11 is 1.52. The standard InChI is InChI=1S/C19H37N5O5S/c1-11(2)15(21)18(27)24-14(8-10-30-4)17(26)23-13(7-5-6-9-20)16(25)22-12(3)19(28)29/h11-15H,5-10,20-21H2,1-4H3,(H,22,25)(H,23,26)(H,24,27)(H,28,29). The molecule has 0 bridgehead atoms. The van der Waals surface area contributed by atoms with Gasteiger partial charge in [0.05, 0.1) is 6.04 Å². The topological polar surface area (TPSA) is 177 Å². The minimum Gasteiger partial charge on any atom is -0.480 e. The van der Waals surface area contributed by atoms with Crippen molar-refractivity contribution in [2.24, 2.45) is 17.4 Å². The van der Waals surface area contributed by atoms with E-state index < -0.39 is 47.9 Å². The average molecular weight is 448 g/mol. The van der Waals surface area contributed by atoms with E-state index in [1.165, 1.54) is 18.7 Å². The smallest absolute Gasteiger partial charge is 0.325 e. The molecule has 0 fully saturated rings. The Balaban J connectivity index is 5.29. The summed E-state index contributed by atoms with van der Waals surface area (Å²) < 4.78 is 0. The van der Waals surface area contributed by atoms with Crippen molar-refractivity contribution in [3.8, 4) is 0 Å². The van der Waals surface area contributed by atoms with E-state index >= 15 is 0 Å². The first-order valence-electron chi connectivity index (χ1n) is 10.1. The number of hydrogen-bond acceptors (Lipinski definition) is 7. The SMILES string of the molecule is CSCCC(NC(=O)C(N)C(C)C)C(=O)NC(CCCCN)C(=O)NC(C)C(=O)O. The third-order valence-corrected chi connectivity index (χ3v) is 5.22. The Bertz CT molecular complexity index is 576. The zero-order valence-corrected chi connectivity index (χ0v) is 19.1. The normalized spacial score (nSPS) is 15.0. The van der Waals surface area contributed by atoms with Crippen LogP contribution in [0.3, 0.4) is 0 Å². The maximum Gasteiger partial charge on any atom is 0.325 e. The van der Waals surface area contributed by atoms with E-state index in [0.717, 1.165) is 0 Å². The molecule has 0 rings (SSSR count). The minimum atomic E-state index is -1.18. The molecule has 8 N–H and O–H groups in total. The molecule has 174 valence electrons. The second kappa shape index (κ2) is 15.0. The lowest BCUT2D eigenvalue weighted by Crippen LogP contribution is -2.57. The van der Waals surface area contributed by atoms with Crippen LogP contribution in [0.25, 0.3) is 0 Å². The van der Waals surface area contributed by atoms with E-state index in [2.05, 4.69) is 16.0 Å². The highest BCUT2D eigenvalue weighted by Crippen LogP contribution is 2.07. The van der Waals surface area contributed by atoms with Crippen molar-refractivity contribution >= 4 is 35.5 Å². The Labute approximate surface area is 182 Å². The Kier molecular flexibility index (Phi) is 14.1. The molecule has 4 unspecified atom stereocenters. The van der Waals surface area contributed by atoms with Gasteiger partial charge in [-0.25, -0.2) is 0 Å². The fourth-order valence-electron chi connectivity index (χ4n) is 2.48. The molecule has 11 heteroatoms. The van der Waals surface area contributed by atoms with E-state index in [1.807, 2.05) is 20.1 Å². The lowest BCUT2D eigenvalue weighted by molar-refractivity contribution is -0.141. The molecule has 0 aromatic rings. The van der Waals surface area contributed by atoms with Crippen LogP contribution in [0.15, 0.2) is 0 Å². The first kappa shape index (κ1) is 28.1. The zero-order chi connectivity index (χ0) is 23.3. The van der Waals surface area contributed by atoms with Gasteiger partial charge in [0.2, 0.25) is 17.7 Å². The third-order valence-electron chi connectivity index (χ3n) is 4.57. The monoisotopic (exact) mass is 447 g/mol. The highest BCUT2D eigenvalue weighted by atomic mass is 32.2. The molecule has 0 aromatic heterocycles. The van der Waals surface area contributed by atoms with E-state index in [9.17, 15) is 19.2 Å². The molecule has 3 amide bonds. The molecule has 0 saturated heterocycles. The number of rotatable bonds is 15. The Morgan fingerprint density at radius 2 is 1.43 bits per heavy atom. The molecule has 10 nitrogen and oxygen atoms in total. The largest absolute Gasteiger partial charge is 0.480 e. The summed E-state index contributed by atoms with van der Waals surface area (Å²) in [5.41, 5.74) is 11.4. The van der Waals surface area contributed by atoms with Gasteiger partial charge in [0, 0.05) is 0 Å². The summed E-state index contributed by atoms with van der Waals surface area (Å²) in [4.78, 5) is 48.7. The number of amides is 3. The van der Waals surface area contributed by atoms with Crippen LogP contribution < -0.4 is 27.4 Å². The summed E-state index contributed by atoms with van der Waals surface area (Å²) in [5, 5.41) is 16.7. The van der Waals surface area contributed by atoms with Gasteiger partial charge >= 0.3 is 5.97 Å². The van der Waals surface area contributed by atoms with Crippen molar-refractivity contribution in [1.29, 1.82) is 0 Å². The maximum atomic E-state index is 12.8. The molecule has 0 radical (unpaired) electrons. The average Bonchev–Trinajstić information content (AvgIpc) is 2.68. The van der Waals surface area contributed by atoms with Crippen LogP contribution >= 0.6 is 11.8 Å². The molecule has 0 saturated carbocycles. The highest BCUT2D eigenvalue weighted by Gasteiger charge is 2.29. The zero-order valence-electron chi connectivity index (χ0n) is 18.3. The third kappa shape index (κ3) is 10.8. The predicted octanol–water partition coefficient (Wildman–Crippen LogP) is -0.589. The molecule has 0 aliphatic rings. The predicted molar refractivity (Wildman–Crippen MR) is 118 cm³/mol. The van der Waals surface area contributed by atoms with Gasteiger partial charge in [-0.15, -0.1) is 0 Å². The summed E-state index contributed by atoms with van der Waals surface area (Å²) in [6, 6.07) is -3.63. The van der Waals surface area contributed by atoms with Crippen LogP contribution in [0.4, 0.5) is 0 Å². The molecule has 0 heterocycles. The second-order valence-electron chi connectivity index (χ2n) is 7.53. The van der Waals surface area contributed by atoms with Crippen molar-refractivity contribution in [1.82, 2.24) is 16.0 Å². The lowest BCUT2D eigenvalue weighted by Gasteiger charge is -2.25. The molecular formula is C19H37N5O5S. The van der Waals surface area contributed by atoms with Crippen LogP contribution in [-0.4, -0.2) is 71.5 Å². The first-order valence-corrected chi connectivity index (χ1v) is 11.5. The molecule has 4 atom stereocenters. The van der Waals surface area contributed by atoms with Gasteiger partial charge in [0.15, 0.2) is 0 Å². The van der Waals surface area contributed by atoms with Crippen molar-refractivity contribution in [3.63, 3.8) is 0 Å². The van der Waals surface area contributed by atoms with Gasteiger partial charge in [-0.1, -0.05) is 13.8 Å². The van der Waals surface area contributed by atoms with Gasteiger partial charge < -0.3 is 32.5 Å². The number of carboxylic acid groups (broad SMARTS) is 1. The fourth-order valence-corrected chi connectivity index (χ4v) is 2.96. The number of unbranched alkanes of at least 4 members (excludes halogenated alkanes) is 1. The molecule has 30 heavy (non-hydrogen) atoms. The van der Waals surface area contributed by atoms with E-state index in [1.54, 1.807) is 0 Å². The number of carboxylic acids is 1. The molecule has 0 aliphatic heterocycles. The summed E-state index contributed by atoms with van der Waals surface area (Å²) in [6.07, 6.45) is 3.79. The molecule has 0 aromatic carbocycles. The molecule has 0 spiro atoms. The van der Waals surface area contributed by atoms with Crippen molar-refractivity contribution in [2.45, 2.75) is 70.6 Å². The van der Waals surface area contributed by atoms with Gasteiger partial charge in [0.1, 0.15) is 18.1 Å². The summed E-state index contributed by atoms with van der Waals surface area (Å²) in [7, 11) is 0. The van der Waals surface area contributed by atoms with Crippen molar-refractivity contribution < 1.29 is 24.3 Å². The Hall–Kier alpha value is -1.85. The van der Waals surface area contributed by atoms with Crippen molar-refractivity contribution in [3.05, 3.63) is 0 Å². The molecular weight excluding hydrogens is 410 g/mol. The number of nitrogens with two attached hydrogens (primary N) is 2. The van der Waals surface area contributed by atoms with Gasteiger partial charge in [-0.05, 0) is 57.1 Å². The lowest BCUT2D eigenvalue weighted by atomic mass is 10.0. The Morgan fingerprint density at radius 3 is 1.93 bits per heavy atom.